The van der Waals surface area contributed by atoms with Gasteiger partial charge in [0.05, 0.1) is 5.69 Å². The van der Waals surface area contributed by atoms with E-state index in [9.17, 15) is 0 Å². The predicted octanol–water partition coefficient (Wildman–Crippen LogP) is 1.89. The molecule has 0 atom stereocenters. The largest absolute Gasteiger partial charge is 0.361 e. The van der Waals surface area contributed by atoms with Crippen LogP contribution in [-0.4, -0.2) is 35.8 Å². The Morgan fingerprint density at radius 1 is 1.23 bits per heavy atom. The van der Waals surface area contributed by atoms with Gasteiger partial charge in [0.2, 0.25) is 0 Å². The van der Waals surface area contributed by atoms with Gasteiger partial charge in [0.1, 0.15) is 5.76 Å². The van der Waals surface area contributed by atoms with Crippen molar-refractivity contribution in [3.8, 4) is 0 Å². The van der Waals surface area contributed by atoms with Gasteiger partial charge in [0.15, 0.2) is 5.96 Å². The SMILES string of the molecule is CN=C(NCCCc1c(C)noc1C)NCCn1cccc1. The van der Waals surface area contributed by atoms with Crippen molar-refractivity contribution in [2.45, 2.75) is 33.2 Å². The minimum absolute atomic E-state index is 0.839. The van der Waals surface area contributed by atoms with Crippen molar-refractivity contribution in [3.63, 3.8) is 0 Å². The molecule has 0 bridgehead atoms. The van der Waals surface area contributed by atoms with E-state index < -0.39 is 0 Å². The summed E-state index contributed by atoms with van der Waals surface area (Å²) in [7, 11) is 1.79. The lowest BCUT2D eigenvalue weighted by Gasteiger charge is -2.12. The Labute approximate surface area is 131 Å². The van der Waals surface area contributed by atoms with E-state index in [4.69, 9.17) is 4.52 Å². The molecule has 0 aliphatic rings. The van der Waals surface area contributed by atoms with Crippen molar-refractivity contribution in [3.05, 3.63) is 41.5 Å². The lowest BCUT2D eigenvalue weighted by molar-refractivity contribution is 0.392. The third-order valence-electron chi connectivity index (χ3n) is 3.63. The third kappa shape index (κ3) is 4.65. The molecule has 0 aliphatic heterocycles. The first-order valence-electron chi connectivity index (χ1n) is 7.67. The van der Waals surface area contributed by atoms with Crippen LogP contribution in [0.1, 0.15) is 23.4 Å². The Morgan fingerprint density at radius 3 is 2.59 bits per heavy atom. The van der Waals surface area contributed by atoms with Gasteiger partial charge in [0.25, 0.3) is 0 Å². The van der Waals surface area contributed by atoms with E-state index in [1.165, 1.54) is 5.56 Å². The minimum atomic E-state index is 0.839. The number of aromatic nitrogens is 2. The summed E-state index contributed by atoms with van der Waals surface area (Å²) in [5.74, 6) is 1.76. The first-order chi connectivity index (χ1) is 10.7. The van der Waals surface area contributed by atoms with Gasteiger partial charge < -0.3 is 19.7 Å². The molecule has 2 aromatic rings. The van der Waals surface area contributed by atoms with Crippen molar-refractivity contribution in [2.24, 2.45) is 4.99 Å². The number of hydrogen-bond donors (Lipinski definition) is 2. The van der Waals surface area contributed by atoms with Gasteiger partial charge in [-0.1, -0.05) is 5.16 Å². The van der Waals surface area contributed by atoms with Crippen molar-refractivity contribution >= 4 is 5.96 Å². The molecule has 6 nitrogen and oxygen atoms in total. The highest BCUT2D eigenvalue weighted by molar-refractivity contribution is 5.79. The predicted molar refractivity (Wildman–Crippen MR) is 88.1 cm³/mol. The fourth-order valence-corrected chi connectivity index (χ4v) is 2.37. The summed E-state index contributed by atoms with van der Waals surface area (Å²) in [6.07, 6.45) is 6.10. The molecule has 2 N–H and O–H groups in total. The Kier molecular flexibility index (Phi) is 6.06. The molecule has 0 radical (unpaired) electrons. The zero-order valence-corrected chi connectivity index (χ0v) is 13.6. The quantitative estimate of drug-likeness (QED) is 0.466. The molecule has 120 valence electrons. The summed E-state index contributed by atoms with van der Waals surface area (Å²) in [4.78, 5) is 4.23. The van der Waals surface area contributed by atoms with E-state index in [0.29, 0.717) is 0 Å². The van der Waals surface area contributed by atoms with Crippen LogP contribution in [0.3, 0.4) is 0 Å². The highest BCUT2D eigenvalue weighted by atomic mass is 16.5. The van der Waals surface area contributed by atoms with Crippen molar-refractivity contribution < 1.29 is 4.52 Å². The molecule has 2 rings (SSSR count). The van der Waals surface area contributed by atoms with Crippen LogP contribution < -0.4 is 10.6 Å². The van der Waals surface area contributed by atoms with Crippen LogP contribution in [-0.2, 0) is 13.0 Å². The number of hydrogen-bond acceptors (Lipinski definition) is 3. The lowest BCUT2D eigenvalue weighted by Crippen LogP contribution is -2.39. The fraction of sp³-hybridized carbons (Fsp3) is 0.500. The molecule has 2 aromatic heterocycles. The monoisotopic (exact) mass is 303 g/mol. The molecule has 0 saturated carbocycles. The Morgan fingerprint density at radius 2 is 1.95 bits per heavy atom. The molecule has 6 heteroatoms. The summed E-state index contributed by atoms with van der Waals surface area (Å²) < 4.78 is 7.31. The number of aryl methyl sites for hydroxylation is 2. The van der Waals surface area contributed by atoms with Crippen molar-refractivity contribution in [1.82, 2.24) is 20.4 Å². The summed E-state index contributed by atoms with van der Waals surface area (Å²) >= 11 is 0. The molecule has 0 spiro atoms. The summed E-state index contributed by atoms with van der Waals surface area (Å²) in [5.41, 5.74) is 2.21. The maximum Gasteiger partial charge on any atom is 0.191 e. The van der Waals surface area contributed by atoms with Gasteiger partial charge in [-0.2, -0.15) is 0 Å². The molecule has 0 unspecified atom stereocenters. The maximum atomic E-state index is 5.17. The Hall–Kier alpha value is -2.24. The zero-order valence-electron chi connectivity index (χ0n) is 13.6. The number of nitrogens with zero attached hydrogens (tertiary/aromatic N) is 3. The normalized spacial score (nSPS) is 11.7. The molecule has 0 saturated heterocycles. The summed E-state index contributed by atoms with van der Waals surface area (Å²) in [5, 5.41) is 10.6. The van der Waals surface area contributed by atoms with Crippen molar-refractivity contribution in [1.29, 1.82) is 0 Å². The highest BCUT2D eigenvalue weighted by Gasteiger charge is 2.08. The molecule has 0 fully saturated rings. The Balaban J connectivity index is 1.64. The van der Waals surface area contributed by atoms with Crippen LogP contribution in [0, 0.1) is 13.8 Å². The average Bonchev–Trinajstić information content (AvgIpc) is 3.13. The van der Waals surface area contributed by atoms with Crippen molar-refractivity contribution in [2.75, 3.05) is 20.1 Å². The second-order valence-corrected chi connectivity index (χ2v) is 5.25. The minimum Gasteiger partial charge on any atom is -0.361 e. The van der Waals surface area contributed by atoms with E-state index in [1.807, 2.05) is 26.0 Å². The van der Waals surface area contributed by atoms with E-state index in [2.05, 4.69) is 37.7 Å². The first-order valence-corrected chi connectivity index (χ1v) is 7.67. The smallest absolute Gasteiger partial charge is 0.191 e. The van der Waals surface area contributed by atoms with Crippen LogP contribution in [0.25, 0.3) is 0 Å². The average molecular weight is 303 g/mol. The van der Waals surface area contributed by atoms with Crippen LogP contribution >= 0.6 is 0 Å². The molecule has 0 aromatic carbocycles. The topological polar surface area (TPSA) is 67.4 Å². The molecular formula is C16H25N5O. The first kappa shape index (κ1) is 16.1. The summed E-state index contributed by atoms with van der Waals surface area (Å²) in [6.45, 7) is 6.59. The standard InChI is InChI=1S/C16H25N5O/c1-13-15(14(2)22-20-13)7-6-8-18-16(17-3)19-9-12-21-10-4-5-11-21/h4-5,10-11H,6-9,12H2,1-3H3,(H2,17,18,19). The molecule has 2 heterocycles. The number of aliphatic imine (C=N–C) groups is 1. The van der Waals surface area contributed by atoms with Crippen LogP contribution in [0.4, 0.5) is 0 Å². The second kappa shape index (κ2) is 8.26. The van der Waals surface area contributed by atoms with Crippen LogP contribution in [0.2, 0.25) is 0 Å². The van der Waals surface area contributed by atoms with Gasteiger partial charge in [-0.25, -0.2) is 0 Å². The van der Waals surface area contributed by atoms with Crippen LogP contribution in [0.5, 0.6) is 0 Å². The third-order valence-corrected chi connectivity index (χ3v) is 3.63. The highest BCUT2D eigenvalue weighted by Crippen LogP contribution is 2.13. The molecule has 0 aliphatic carbocycles. The van der Waals surface area contributed by atoms with Gasteiger partial charge >= 0.3 is 0 Å². The zero-order chi connectivity index (χ0) is 15.8. The maximum absolute atomic E-state index is 5.17. The molecule has 22 heavy (non-hydrogen) atoms. The van der Waals surface area contributed by atoms with E-state index >= 15 is 0 Å². The molecule has 0 amide bonds. The molecular weight excluding hydrogens is 278 g/mol. The van der Waals surface area contributed by atoms with Gasteiger partial charge in [-0.15, -0.1) is 0 Å². The van der Waals surface area contributed by atoms with Gasteiger partial charge in [-0.3, -0.25) is 4.99 Å². The second-order valence-electron chi connectivity index (χ2n) is 5.25. The fourth-order valence-electron chi connectivity index (χ4n) is 2.37. The van der Waals surface area contributed by atoms with E-state index in [0.717, 1.165) is 49.9 Å². The van der Waals surface area contributed by atoms with Gasteiger partial charge in [-0.05, 0) is 38.8 Å². The Bertz CT molecular complexity index is 566. The summed E-state index contributed by atoms with van der Waals surface area (Å²) in [6, 6.07) is 4.06. The van der Waals surface area contributed by atoms with Crippen LogP contribution in [0.15, 0.2) is 34.0 Å². The van der Waals surface area contributed by atoms with E-state index in [-0.39, 0.29) is 0 Å². The lowest BCUT2D eigenvalue weighted by atomic mass is 10.1. The number of nitrogens with one attached hydrogen (secondary N) is 2. The number of guanidine groups is 1. The number of rotatable bonds is 7. The van der Waals surface area contributed by atoms with E-state index in [1.54, 1.807) is 7.05 Å². The van der Waals surface area contributed by atoms with Gasteiger partial charge in [0, 0.05) is 44.6 Å².